The summed E-state index contributed by atoms with van der Waals surface area (Å²) < 4.78 is 15.4. The highest BCUT2D eigenvalue weighted by Crippen LogP contribution is 2.47. The first-order valence-corrected chi connectivity index (χ1v) is 10.1. The molecule has 3 aromatic rings. The quantitative estimate of drug-likeness (QED) is 0.694. The van der Waals surface area contributed by atoms with Gasteiger partial charge in [-0.1, -0.05) is 11.6 Å². The van der Waals surface area contributed by atoms with E-state index in [9.17, 15) is 4.39 Å². The highest BCUT2D eigenvalue weighted by molar-refractivity contribution is 6.33. The van der Waals surface area contributed by atoms with Crippen LogP contribution in [0.25, 0.3) is 11.3 Å². The Labute approximate surface area is 173 Å². The van der Waals surface area contributed by atoms with Crippen LogP contribution in [-0.4, -0.2) is 44.0 Å². The van der Waals surface area contributed by atoms with Crippen molar-refractivity contribution in [2.24, 2.45) is 18.9 Å². The summed E-state index contributed by atoms with van der Waals surface area (Å²) in [5.74, 6) is 1.68. The van der Waals surface area contributed by atoms with Crippen LogP contribution in [0.2, 0.25) is 5.02 Å². The smallest absolute Gasteiger partial charge is 0.148 e. The number of hydrogen-bond acceptors (Lipinski definition) is 5. The molecule has 2 aliphatic rings. The zero-order valence-corrected chi connectivity index (χ0v) is 17.1. The van der Waals surface area contributed by atoms with Crippen molar-refractivity contribution in [2.75, 3.05) is 18.4 Å². The Morgan fingerprint density at radius 3 is 2.59 bits per heavy atom. The molecule has 1 N–H and O–H groups in total. The lowest BCUT2D eigenvalue weighted by Crippen LogP contribution is -2.28. The minimum Gasteiger partial charge on any atom is -0.365 e. The highest BCUT2D eigenvalue weighted by Gasteiger charge is 2.55. The van der Waals surface area contributed by atoms with Gasteiger partial charge in [0.1, 0.15) is 11.6 Å². The molecule has 6 nitrogen and oxygen atoms in total. The highest BCUT2D eigenvalue weighted by atomic mass is 35.5. The van der Waals surface area contributed by atoms with Crippen molar-refractivity contribution in [1.29, 1.82) is 0 Å². The number of nitrogens with one attached hydrogen (secondary N) is 1. The maximum atomic E-state index is 13.5. The summed E-state index contributed by atoms with van der Waals surface area (Å²) in [4.78, 5) is 2.47. The Balaban J connectivity index is 1.18. The number of aryl methyl sites for hydroxylation is 2. The maximum absolute atomic E-state index is 13.5. The molecule has 0 spiro atoms. The van der Waals surface area contributed by atoms with Crippen molar-refractivity contribution in [2.45, 2.75) is 19.5 Å². The van der Waals surface area contributed by atoms with Crippen LogP contribution < -0.4 is 5.32 Å². The summed E-state index contributed by atoms with van der Waals surface area (Å²) in [7, 11) is 1.98. The van der Waals surface area contributed by atoms with Crippen LogP contribution in [0.4, 0.5) is 10.2 Å². The van der Waals surface area contributed by atoms with Crippen LogP contribution in [0.3, 0.4) is 0 Å². The summed E-state index contributed by atoms with van der Waals surface area (Å²) in [5.41, 5.74) is 3.43. The van der Waals surface area contributed by atoms with Crippen molar-refractivity contribution in [3.8, 4) is 11.3 Å². The minimum atomic E-state index is -0.343. The molecule has 0 bridgehead atoms. The normalized spacial score (nSPS) is 23.2. The lowest BCUT2D eigenvalue weighted by atomic mass is 10.1. The van der Waals surface area contributed by atoms with Crippen molar-refractivity contribution >= 4 is 17.4 Å². The molecule has 5 rings (SSSR count). The maximum Gasteiger partial charge on any atom is 0.148 e. The van der Waals surface area contributed by atoms with Gasteiger partial charge >= 0.3 is 0 Å². The van der Waals surface area contributed by atoms with Crippen molar-refractivity contribution in [3.05, 3.63) is 58.6 Å². The summed E-state index contributed by atoms with van der Waals surface area (Å²) >= 11 is 6.15. The Hall–Kier alpha value is -2.51. The van der Waals surface area contributed by atoms with Gasteiger partial charge in [0, 0.05) is 44.0 Å². The van der Waals surface area contributed by atoms with Crippen LogP contribution in [0, 0.1) is 24.6 Å². The molecule has 0 unspecified atom stereocenters. The van der Waals surface area contributed by atoms with E-state index in [1.165, 1.54) is 23.9 Å². The molecule has 8 heteroatoms. The van der Waals surface area contributed by atoms with E-state index in [0.29, 0.717) is 34.2 Å². The number of piperidine rings is 1. The third-order valence-electron chi connectivity index (χ3n) is 6.00. The molecule has 0 radical (unpaired) electrons. The van der Waals surface area contributed by atoms with Gasteiger partial charge in [0.15, 0.2) is 0 Å². The first kappa shape index (κ1) is 18.5. The predicted octanol–water partition coefficient (Wildman–Crippen LogP) is 3.52. The van der Waals surface area contributed by atoms with Gasteiger partial charge in [-0.05, 0) is 55.2 Å². The topological polar surface area (TPSA) is 58.9 Å². The van der Waals surface area contributed by atoms with Gasteiger partial charge in [-0.3, -0.25) is 9.58 Å². The number of rotatable bonds is 5. The van der Waals surface area contributed by atoms with Crippen LogP contribution in [-0.2, 0) is 13.6 Å². The fourth-order valence-corrected chi connectivity index (χ4v) is 4.53. The number of anilines is 1. The SMILES string of the molecule is Cc1cc(CN2C[C@H]3C(Nc4ccc(-c5cc(F)ccc5Cl)nn4)[C@@H]3C2)nn1C. The van der Waals surface area contributed by atoms with Crippen LogP contribution in [0.15, 0.2) is 36.4 Å². The van der Waals surface area contributed by atoms with E-state index in [-0.39, 0.29) is 5.82 Å². The molecular weight excluding hydrogens is 391 g/mol. The first-order chi connectivity index (χ1) is 14.0. The molecule has 29 heavy (non-hydrogen) atoms. The molecule has 1 saturated heterocycles. The fourth-order valence-electron chi connectivity index (χ4n) is 4.32. The monoisotopic (exact) mass is 412 g/mol. The second kappa shape index (κ2) is 7.07. The molecule has 3 heterocycles. The average Bonchev–Trinajstić information content (AvgIpc) is 3.00. The molecular formula is C21H22ClFN6. The van der Waals surface area contributed by atoms with E-state index in [1.54, 1.807) is 0 Å². The van der Waals surface area contributed by atoms with E-state index in [0.717, 1.165) is 31.1 Å². The third-order valence-corrected chi connectivity index (χ3v) is 6.33. The number of aromatic nitrogens is 4. The molecule has 2 atom stereocenters. The van der Waals surface area contributed by atoms with E-state index < -0.39 is 0 Å². The summed E-state index contributed by atoms with van der Waals surface area (Å²) in [6.45, 7) is 5.13. The second-order valence-electron chi connectivity index (χ2n) is 8.02. The van der Waals surface area contributed by atoms with Gasteiger partial charge in [-0.25, -0.2) is 4.39 Å². The molecule has 1 aliphatic heterocycles. The van der Waals surface area contributed by atoms with Gasteiger partial charge in [0.05, 0.1) is 16.4 Å². The average molecular weight is 413 g/mol. The number of nitrogens with zero attached hydrogens (tertiary/aromatic N) is 5. The van der Waals surface area contributed by atoms with Crippen molar-refractivity contribution < 1.29 is 4.39 Å². The number of benzene rings is 1. The largest absolute Gasteiger partial charge is 0.365 e. The van der Waals surface area contributed by atoms with Gasteiger partial charge in [0.25, 0.3) is 0 Å². The lowest BCUT2D eigenvalue weighted by molar-refractivity contribution is 0.288. The standard InChI is InChI=1S/C21H22ClFN6/c1-12-7-14(27-28(12)2)9-29-10-16-17(11-29)21(16)24-20-6-5-19(25-26-20)15-8-13(23)3-4-18(15)22/h3-8,16-17,21H,9-11H2,1-2H3,(H,24,26)/t16-,17-/m1/s1. The Morgan fingerprint density at radius 1 is 1.14 bits per heavy atom. The number of halogens is 2. The van der Waals surface area contributed by atoms with Gasteiger partial charge in [0.2, 0.25) is 0 Å². The molecule has 1 saturated carbocycles. The summed E-state index contributed by atoms with van der Waals surface area (Å²) in [6, 6.07) is 10.5. The minimum absolute atomic E-state index is 0.343. The van der Waals surface area contributed by atoms with E-state index >= 15 is 0 Å². The third kappa shape index (κ3) is 3.60. The number of fused-ring (bicyclic) bond motifs is 1. The first-order valence-electron chi connectivity index (χ1n) is 9.75. The lowest BCUT2D eigenvalue weighted by Gasteiger charge is -2.18. The Bertz CT molecular complexity index is 1020. The second-order valence-corrected chi connectivity index (χ2v) is 8.43. The van der Waals surface area contributed by atoms with Crippen LogP contribution >= 0.6 is 11.6 Å². The van der Waals surface area contributed by atoms with Gasteiger partial charge in [-0.2, -0.15) is 5.10 Å². The number of likely N-dealkylation sites (tertiary alicyclic amines) is 1. The molecule has 1 aromatic carbocycles. The Morgan fingerprint density at radius 2 is 1.93 bits per heavy atom. The van der Waals surface area contributed by atoms with Gasteiger partial charge in [-0.15, -0.1) is 10.2 Å². The fraction of sp³-hybridized carbons (Fsp3) is 0.381. The summed E-state index contributed by atoms with van der Waals surface area (Å²) in [6.07, 6.45) is 0. The van der Waals surface area contributed by atoms with Gasteiger partial charge < -0.3 is 5.32 Å². The van der Waals surface area contributed by atoms with E-state index in [4.69, 9.17) is 11.6 Å². The molecule has 2 fully saturated rings. The predicted molar refractivity (Wildman–Crippen MR) is 110 cm³/mol. The van der Waals surface area contributed by atoms with Crippen LogP contribution in [0.5, 0.6) is 0 Å². The Kier molecular flexibility index (Phi) is 4.52. The molecule has 0 amide bonds. The van der Waals surface area contributed by atoms with Crippen molar-refractivity contribution in [1.82, 2.24) is 24.9 Å². The zero-order chi connectivity index (χ0) is 20.1. The van der Waals surface area contributed by atoms with Crippen molar-refractivity contribution in [3.63, 3.8) is 0 Å². The molecule has 150 valence electrons. The zero-order valence-electron chi connectivity index (χ0n) is 16.3. The van der Waals surface area contributed by atoms with E-state index in [2.05, 4.69) is 38.5 Å². The summed E-state index contributed by atoms with van der Waals surface area (Å²) in [5, 5.41) is 17.0. The molecule has 1 aliphatic carbocycles. The van der Waals surface area contributed by atoms with E-state index in [1.807, 2.05) is 23.9 Å². The molecule has 2 aromatic heterocycles. The van der Waals surface area contributed by atoms with Crippen LogP contribution in [0.1, 0.15) is 11.4 Å². The number of hydrogen-bond donors (Lipinski definition) is 1.